The number of aliphatic hydroxyl groups is 1. The number of aliphatic imine (C=N–C) groups is 1. The quantitative estimate of drug-likeness (QED) is 0.208. The third kappa shape index (κ3) is 9.57. The van der Waals surface area contributed by atoms with Gasteiger partial charge in [-0.05, 0) is 69.3 Å². The summed E-state index contributed by atoms with van der Waals surface area (Å²) in [6.45, 7) is 2.53. The van der Waals surface area contributed by atoms with Crippen molar-refractivity contribution in [2.75, 3.05) is 38.8 Å². The Balaban J connectivity index is 0.000000145. The number of benzodiazepines with no additional fused rings is 1. The number of halogens is 1. The largest absolute Gasteiger partial charge is 0.465 e. The fourth-order valence-corrected chi connectivity index (χ4v) is 8.34. The summed E-state index contributed by atoms with van der Waals surface area (Å²) in [6, 6.07) is 25.8. The summed E-state index contributed by atoms with van der Waals surface area (Å²) < 4.78 is 12.8. The van der Waals surface area contributed by atoms with Gasteiger partial charge in [-0.1, -0.05) is 79.2 Å². The average Bonchev–Trinajstić information content (AvgIpc) is 3.81. The van der Waals surface area contributed by atoms with Crippen LogP contribution in [0.2, 0.25) is 5.02 Å². The van der Waals surface area contributed by atoms with Crippen molar-refractivity contribution in [1.29, 1.82) is 0 Å². The van der Waals surface area contributed by atoms with Crippen molar-refractivity contribution in [1.82, 2.24) is 14.5 Å². The molecule has 4 aliphatic rings. The summed E-state index contributed by atoms with van der Waals surface area (Å²) in [4.78, 5) is 48.4. The Morgan fingerprint density at radius 3 is 2.29 bits per heavy atom. The molecule has 11 nitrogen and oxygen atoms in total. The second kappa shape index (κ2) is 18.9. The van der Waals surface area contributed by atoms with E-state index in [0.717, 1.165) is 59.5 Å². The molecule has 12 heteroatoms. The van der Waals surface area contributed by atoms with E-state index in [1.54, 1.807) is 24.3 Å². The van der Waals surface area contributed by atoms with E-state index >= 15 is 0 Å². The number of carbonyl (C=O) groups excluding carboxylic acids is 3. The standard InChI is InChI=1S/C17H23NO3.C16H13ClN2O.C11H16N2O2/c1-18-13-7-8-14(18)10-15(9-13)21-17(20)16(11-19)12-5-3-2-4-6-12;1-19-14-8-7-12(17)9-13(14)16(18-10-15(19)20)11-5-3-2-4-6-11;1-3-10-8(6-15-11(10)14)4-9-5-12-7-13(9)2/h2-6,13-16,19H,7-11H2,1H3;2-9H,10H2,1H3;5,7-8,10H,3-4,6H2,1-2H3/t13-,14+,15?,16?;;8-,10-/m..0/s1. The lowest BCUT2D eigenvalue weighted by atomic mass is 9.89. The third-order valence-corrected chi connectivity index (χ3v) is 11.7. The number of piperidine rings is 1. The van der Waals surface area contributed by atoms with Crippen LogP contribution in [0.3, 0.4) is 0 Å². The van der Waals surface area contributed by atoms with E-state index in [2.05, 4.69) is 21.9 Å². The van der Waals surface area contributed by atoms with Gasteiger partial charge in [-0.15, -0.1) is 0 Å². The van der Waals surface area contributed by atoms with Crippen molar-refractivity contribution in [3.05, 3.63) is 119 Å². The first-order valence-electron chi connectivity index (χ1n) is 19.4. The molecule has 8 rings (SSSR count). The second-order valence-corrected chi connectivity index (χ2v) is 15.4. The molecule has 3 fully saturated rings. The molecule has 1 amide bonds. The highest BCUT2D eigenvalue weighted by atomic mass is 35.5. The number of benzene rings is 3. The van der Waals surface area contributed by atoms with Gasteiger partial charge in [0.1, 0.15) is 18.6 Å². The molecular formula is C44H52ClN5O6. The van der Waals surface area contributed by atoms with Gasteiger partial charge in [-0.25, -0.2) is 4.98 Å². The molecule has 1 N–H and O–H groups in total. The molecule has 0 spiro atoms. The molecule has 56 heavy (non-hydrogen) atoms. The van der Waals surface area contributed by atoms with Crippen LogP contribution >= 0.6 is 11.6 Å². The van der Waals surface area contributed by atoms with Crippen LogP contribution in [0, 0.1) is 11.8 Å². The predicted octanol–water partition coefficient (Wildman–Crippen LogP) is 6.25. The Kier molecular flexibility index (Phi) is 13.7. The fraction of sp³-hybridized carbons (Fsp3) is 0.432. The maximum absolute atomic E-state index is 12.4. The number of anilines is 1. The lowest BCUT2D eigenvalue weighted by Gasteiger charge is -2.36. The highest BCUT2D eigenvalue weighted by molar-refractivity contribution is 6.32. The molecule has 0 saturated carbocycles. The summed E-state index contributed by atoms with van der Waals surface area (Å²) in [5.41, 5.74) is 5.49. The first kappa shape index (κ1) is 40.8. The molecule has 6 atom stereocenters. The zero-order valence-electron chi connectivity index (χ0n) is 32.6. The zero-order valence-corrected chi connectivity index (χ0v) is 33.3. The number of carbonyl (C=O) groups is 3. The summed E-state index contributed by atoms with van der Waals surface area (Å²) in [5.74, 6) is -0.539. The van der Waals surface area contributed by atoms with Crippen LogP contribution in [0.1, 0.15) is 67.3 Å². The lowest BCUT2D eigenvalue weighted by Crippen LogP contribution is -2.43. The Morgan fingerprint density at radius 2 is 1.66 bits per heavy atom. The molecule has 2 bridgehead atoms. The molecule has 296 valence electrons. The Bertz CT molecular complexity index is 1970. The van der Waals surface area contributed by atoms with Gasteiger partial charge in [-0.3, -0.25) is 19.4 Å². The molecule has 4 aliphatic heterocycles. The summed E-state index contributed by atoms with van der Waals surface area (Å²) in [7, 11) is 5.90. The van der Waals surface area contributed by atoms with E-state index in [4.69, 9.17) is 21.1 Å². The number of fused-ring (bicyclic) bond motifs is 3. The Labute approximate surface area is 334 Å². The molecule has 5 heterocycles. The van der Waals surface area contributed by atoms with Crippen molar-refractivity contribution in [2.45, 2.75) is 69.6 Å². The van der Waals surface area contributed by atoms with E-state index in [9.17, 15) is 19.5 Å². The minimum absolute atomic E-state index is 0.00367. The van der Waals surface area contributed by atoms with Crippen LogP contribution < -0.4 is 4.90 Å². The van der Waals surface area contributed by atoms with Crippen LogP contribution in [-0.2, 0) is 37.3 Å². The molecular weight excluding hydrogens is 730 g/mol. The second-order valence-electron chi connectivity index (χ2n) is 15.0. The molecule has 0 aliphatic carbocycles. The van der Waals surface area contributed by atoms with Gasteiger partial charge >= 0.3 is 11.9 Å². The smallest absolute Gasteiger partial charge is 0.316 e. The number of aromatic nitrogens is 2. The number of hydrogen-bond acceptors (Lipinski definition) is 9. The zero-order chi connectivity index (χ0) is 39.8. The number of imidazole rings is 1. The van der Waals surface area contributed by atoms with Gasteiger partial charge in [0.25, 0.3) is 0 Å². The maximum Gasteiger partial charge on any atom is 0.316 e. The van der Waals surface area contributed by atoms with Crippen molar-refractivity contribution < 1.29 is 29.0 Å². The van der Waals surface area contributed by atoms with Gasteiger partial charge in [0.05, 0.1) is 36.9 Å². The molecule has 4 aromatic rings. The number of ether oxygens (including phenoxy) is 2. The van der Waals surface area contributed by atoms with E-state index < -0.39 is 5.92 Å². The number of aryl methyl sites for hydroxylation is 1. The number of nitrogens with zero attached hydrogens (tertiary/aromatic N) is 5. The van der Waals surface area contributed by atoms with E-state index in [1.165, 1.54) is 12.8 Å². The number of rotatable bonds is 8. The van der Waals surface area contributed by atoms with Crippen LogP contribution in [0.5, 0.6) is 0 Å². The van der Waals surface area contributed by atoms with E-state index in [1.807, 2.05) is 97.5 Å². The van der Waals surface area contributed by atoms with E-state index in [0.29, 0.717) is 29.6 Å². The minimum atomic E-state index is -0.566. The van der Waals surface area contributed by atoms with Crippen molar-refractivity contribution >= 4 is 40.8 Å². The normalized spacial score (nSPS) is 23.4. The molecule has 0 radical (unpaired) electrons. The van der Waals surface area contributed by atoms with Crippen LogP contribution in [0.4, 0.5) is 5.69 Å². The number of likely N-dealkylation sites (N-methyl/N-ethyl adjacent to an activating group) is 1. The number of hydrogen-bond donors (Lipinski definition) is 1. The molecule has 3 aromatic carbocycles. The monoisotopic (exact) mass is 781 g/mol. The van der Waals surface area contributed by atoms with Crippen LogP contribution in [0.15, 0.2) is 96.4 Å². The number of cyclic esters (lactones) is 1. The summed E-state index contributed by atoms with van der Waals surface area (Å²) in [6.07, 6.45) is 9.64. The first-order chi connectivity index (χ1) is 27.1. The lowest BCUT2D eigenvalue weighted by molar-refractivity contribution is -0.155. The molecule has 3 saturated heterocycles. The molecule has 1 aromatic heterocycles. The highest BCUT2D eigenvalue weighted by Crippen LogP contribution is 2.36. The first-order valence-corrected chi connectivity index (χ1v) is 19.8. The molecule has 2 unspecified atom stereocenters. The van der Waals surface area contributed by atoms with Gasteiger partial charge < -0.3 is 28.9 Å². The SMILES string of the molecule is CC[C@@H]1C(=O)OC[C@@H]1Cc1cncn1C.CN1C(=O)CN=C(c2ccccc2)c2cc(Cl)ccc21.CN1[C@@H]2CC[C@H]1CC(OC(=O)C(CO)c1ccccc1)C2. The van der Waals surface area contributed by atoms with Crippen molar-refractivity contribution in [2.24, 2.45) is 23.9 Å². The number of aliphatic hydroxyl groups excluding tert-OH is 1. The van der Waals surface area contributed by atoms with Gasteiger partial charge in [0.15, 0.2) is 0 Å². The fourth-order valence-electron chi connectivity index (χ4n) is 8.17. The van der Waals surface area contributed by atoms with Gasteiger partial charge in [0.2, 0.25) is 5.91 Å². The van der Waals surface area contributed by atoms with Gasteiger partial charge in [0, 0.05) is 60.1 Å². The Hall–Kier alpha value is -4.84. The van der Waals surface area contributed by atoms with Crippen LogP contribution in [-0.4, -0.2) is 95.2 Å². The van der Waals surface area contributed by atoms with Crippen molar-refractivity contribution in [3.8, 4) is 0 Å². The minimum Gasteiger partial charge on any atom is -0.465 e. The van der Waals surface area contributed by atoms with Crippen molar-refractivity contribution in [3.63, 3.8) is 0 Å². The van der Waals surface area contributed by atoms with E-state index in [-0.39, 0.29) is 43.0 Å². The number of amides is 1. The topological polar surface area (TPSA) is 127 Å². The third-order valence-electron chi connectivity index (χ3n) is 11.5. The van der Waals surface area contributed by atoms with Gasteiger partial charge in [-0.2, -0.15) is 0 Å². The average molecular weight is 782 g/mol. The summed E-state index contributed by atoms with van der Waals surface area (Å²) in [5, 5.41) is 10.2. The number of esters is 2. The maximum atomic E-state index is 12.4. The predicted molar refractivity (Wildman–Crippen MR) is 217 cm³/mol. The summed E-state index contributed by atoms with van der Waals surface area (Å²) >= 11 is 6.11. The Morgan fingerprint density at radius 1 is 0.982 bits per heavy atom. The highest BCUT2D eigenvalue weighted by Gasteiger charge is 2.40. The van der Waals surface area contributed by atoms with Crippen LogP contribution in [0.25, 0.3) is 0 Å².